The van der Waals surface area contributed by atoms with Crippen molar-refractivity contribution in [2.24, 2.45) is 0 Å². The quantitative estimate of drug-likeness (QED) is 0.637. The van der Waals surface area contributed by atoms with Gasteiger partial charge in [0.2, 0.25) is 0 Å². The maximum absolute atomic E-state index is 12.2. The lowest BCUT2D eigenvalue weighted by Gasteiger charge is -2.11. The predicted octanol–water partition coefficient (Wildman–Crippen LogP) is 2.45. The number of nitrogens with one attached hydrogen (secondary N) is 2. The number of hydrogen-bond acceptors (Lipinski definition) is 4. The third-order valence-electron chi connectivity index (χ3n) is 3.02. The summed E-state index contributed by atoms with van der Waals surface area (Å²) in [5, 5.41) is 23.8. The van der Waals surface area contributed by atoms with Gasteiger partial charge < -0.3 is 20.8 Å². The Balaban J connectivity index is 2.20. The molecule has 0 aliphatic rings. The van der Waals surface area contributed by atoms with Gasteiger partial charge in [-0.1, -0.05) is 30.8 Å². The molecular weight excluding hydrogens is 296 g/mol. The highest BCUT2D eigenvalue weighted by atomic mass is 16.3. The van der Waals surface area contributed by atoms with Gasteiger partial charge in [0.15, 0.2) is 0 Å². The predicted molar refractivity (Wildman–Crippen MR) is 86.6 cm³/mol. The smallest absolute Gasteiger partial charge is 0.259 e. The number of phenolic OH excluding ortho intramolecular Hbond substituents is 1. The van der Waals surface area contributed by atoms with E-state index >= 15 is 0 Å². The molecule has 0 aliphatic carbocycles. The second-order valence-corrected chi connectivity index (χ2v) is 4.77. The summed E-state index contributed by atoms with van der Waals surface area (Å²) in [5.41, 5.74) is 0.630. The van der Waals surface area contributed by atoms with Crippen molar-refractivity contribution in [3.63, 3.8) is 0 Å². The fraction of sp³-hybridized carbons (Fsp3) is 0.0588. The topological polar surface area (TPSA) is 98.7 Å². The van der Waals surface area contributed by atoms with Crippen LogP contribution in [-0.2, 0) is 0 Å². The molecule has 2 rings (SSSR count). The molecule has 0 bridgehead atoms. The molecule has 4 N–H and O–H groups in total. The number of carbonyl (C=O) groups excluding carboxylic acids is 2. The minimum atomic E-state index is -0.532. The molecule has 2 amide bonds. The summed E-state index contributed by atoms with van der Waals surface area (Å²) in [6.07, 6.45) is 0. The van der Waals surface area contributed by atoms with Crippen LogP contribution in [-0.4, -0.2) is 28.6 Å². The Hall–Kier alpha value is -3.28. The van der Waals surface area contributed by atoms with Gasteiger partial charge in [0.1, 0.15) is 11.5 Å². The standard InChI is InChI=1S/C17H16N2O4/c1-11(20)10-18-16(22)12-6-2-4-8-14(12)19-17(23)13-7-3-5-9-15(13)21/h2-9,20-21H,1,10H2,(H,18,22)(H,19,23). The van der Waals surface area contributed by atoms with Crippen molar-refractivity contribution in [2.75, 3.05) is 11.9 Å². The van der Waals surface area contributed by atoms with Crippen LogP contribution in [0.5, 0.6) is 5.75 Å². The molecule has 0 unspecified atom stereocenters. The van der Waals surface area contributed by atoms with E-state index in [4.69, 9.17) is 5.11 Å². The molecule has 0 saturated heterocycles. The highest BCUT2D eigenvalue weighted by Gasteiger charge is 2.15. The van der Waals surface area contributed by atoms with Crippen molar-refractivity contribution in [1.29, 1.82) is 0 Å². The molecule has 2 aromatic carbocycles. The van der Waals surface area contributed by atoms with Crippen LogP contribution >= 0.6 is 0 Å². The number of benzene rings is 2. The Morgan fingerprint density at radius 1 is 0.957 bits per heavy atom. The Labute approximate surface area is 133 Å². The first-order valence-corrected chi connectivity index (χ1v) is 6.82. The molecule has 118 valence electrons. The van der Waals surface area contributed by atoms with Crippen molar-refractivity contribution in [3.8, 4) is 5.75 Å². The zero-order valence-corrected chi connectivity index (χ0v) is 12.2. The van der Waals surface area contributed by atoms with Crippen LogP contribution in [0.4, 0.5) is 5.69 Å². The first-order valence-electron chi connectivity index (χ1n) is 6.82. The van der Waals surface area contributed by atoms with Crippen LogP contribution in [0.2, 0.25) is 0 Å². The summed E-state index contributed by atoms with van der Waals surface area (Å²) in [6, 6.07) is 12.5. The summed E-state index contributed by atoms with van der Waals surface area (Å²) in [6.45, 7) is 3.20. The fourth-order valence-corrected chi connectivity index (χ4v) is 1.92. The lowest BCUT2D eigenvalue weighted by molar-refractivity contribution is 0.0953. The van der Waals surface area contributed by atoms with Crippen LogP contribution < -0.4 is 10.6 Å². The number of phenols is 1. The molecule has 0 radical (unpaired) electrons. The van der Waals surface area contributed by atoms with Crippen LogP contribution in [0.15, 0.2) is 60.9 Å². The van der Waals surface area contributed by atoms with Crippen molar-refractivity contribution in [2.45, 2.75) is 0 Å². The largest absolute Gasteiger partial charge is 0.511 e. The normalized spacial score (nSPS) is 9.91. The van der Waals surface area contributed by atoms with Gasteiger partial charge in [-0.25, -0.2) is 0 Å². The maximum atomic E-state index is 12.2. The maximum Gasteiger partial charge on any atom is 0.259 e. The minimum Gasteiger partial charge on any atom is -0.511 e. The van der Waals surface area contributed by atoms with Crippen LogP contribution in [0.1, 0.15) is 20.7 Å². The zero-order chi connectivity index (χ0) is 16.8. The van der Waals surface area contributed by atoms with Crippen molar-refractivity contribution < 1.29 is 19.8 Å². The van der Waals surface area contributed by atoms with Gasteiger partial charge in [0.05, 0.1) is 23.4 Å². The Kier molecular flexibility index (Phi) is 4.99. The van der Waals surface area contributed by atoms with E-state index in [0.29, 0.717) is 5.69 Å². The van der Waals surface area contributed by atoms with Gasteiger partial charge in [0.25, 0.3) is 11.8 Å². The molecular formula is C17H16N2O4. The number of amides is 2. The Morgan fingerprint density at radius 2 is 1.57 bits per heavy atom. The van der Waals surface area contributed by atoms with Gasteiger partial charge >= 0.3 is 0 Å². The molecule has 0 atom stereocenters. The molecule has 0 spiro atoms. The minimum absolute atomic E-state index is 0.0828. The number of rotatable bonds is 5. The van der Waals surface area contributed by atoms with Crippen molar-refractivity contribution >= 4 is 17.5 Å². The van der Waals surface area contributed by atoms with E-state index < -0.39 is 11.8 Å². The molecule has 6 heteroatoms. The second-order valence-electron chi connectivity index (χ2n) is 4.77. The number of para-hydroxylation sites is 2. The first-order chi connectivity index (χ1) is 11.0. The number of aliphatic hydroxyl groups is 1. The third kappa shape index (κ3) is 4.10. The second kappa shape index (κ2) is 7.13. The van der Waals surface area contributed by atoms with E-state index in [1.165, 1.54) is 18.2 Å². The summed E-state index contributed by atoms with van der Waals surface area (Å²) < 4.78 is 0. The summed E-state index contributed by atoms with van der Waals surface area (Å²) in [5.74, 6) is -1.32. The van der Waals surface area contributed by atoms with E-state index in [9.17, 15) is 14.7 Å². The average Bonchev–Trinajstić information content (AvgIpc) is 2.53. The molecule has 0 aromatic heterocycles. The molecule has 0 saturated carbocycles. The van der Waals surface area contributed by atoms with Gasteiger partial charge in [-0.3, -0.25) is 9.59 Å². The molecule has 0 fully saturated rings. The molecule has 6 nitrogen and oxygen atoms in total. The lowest BCUT2D eigenvalue weighted by atomic mass is 10.1. The van der Waals surface area contributed by atoms with E-state index in [0.717, 1.165) is 0 Å². The number of aromatic hydroxyl groups is 1. The van der Waals surface area contributed by atoms with Crippen molar-refractivity contribution in [1.82, 2.24) is 5.32 Å². The van der Waals surface area contributed by atoms with Crippen molar-refractivity contribution in [3.05, 3.63) is 72.0 Å². The monoisotopic (exact) mass is 312 g/mol. The first kappa shape index (κ1) is 16.1. The Bertz CT molecular complexity index is 756. The number of carbonyl (C=O) groups is 2. The van der Waals surface area contributed by atoms with Crippen LogP contribution in [0.25, 0.3) is 0 Å². The zero-order valence-electron chi connectivity index (χ0n) is 12.2. The number of hydrogen-bond donors (Lipinski definition) is 4. The van der Waals surface area contributed by atoms with Gasteiger partial charge in [-0.05, 0) is 24.3 Å². The SMILES string of the molecule is C=C(O)CNC(=O)c1ccccc1NC(=O)c1ccccc1O. The van der Waals surface area contributed by atoms with E-state index in [-0.39, 0.29) is 29.2 Å². The van der Waals surface area contributed by atoms with Gasteiger partial charge in [-0.2, -0.15) is 0 Å². The molecule has 0 heterocycles. The summed E-state index contributed by atoms with van der Waals surface area (Å²) >= 11 is 0. The third-order valence-corrected chi connectivity index (χ3v) is 3.02. The van der Waals surface area contributed by atoms with Crippen LogP contribution in [0, 0.1) is 0 Å². The molecule has 0 aliphatic heterocycles. The van der Waals surface area contributed by atoms with Gasteiger partial charge in [-0.15, -0.1) is 0 Å². The number of anilines is 1. The number of aliphatic hydroxyl groups excluding tert-OH is 1. The highest BCUT2D eigenvalue weighted by molar-refractivity contribution is 6.10. The average molecular weight is 312 g/mol. The van der Waals surface area contributed by atoms with E-state index in [2.05, 4.69) is 17.2 Å². The van der Waals surface area contributed by atoms with Crippen LogP contribution in [0.3, 0.4) is 0 Å². The van der Waals surface area contributed by atoms with Gasteiger partial charge in [0, 0.05) is 0 Å². The molecule has 2 aromatic rings. The summed E-state index contributed by atoms with van der Waals surface area (Å²) in [4.78, 5) is 24.3. The fourth-order valence-electron chi connectivity index (χ4n) is 1.92. The summed E-state index contributed by atoms with van der Waals surface area (Å²) in [7, 11) is 0. The lowest BCUT2D eigenvalue weighted by Crippen LogP contribution is -2.26. The highest BCUT2D eigenvalue weighted by Crippen LogP contribution is 2.20. The molecule has 23 heavy (non-hydrogen) atoms. The van der Waals surface area contributed by atoms with E-state index in [1.807, 2.05) is 0 Å². The Morgan fingerprint density at radius 3 is 2.22 bits per heavy atom. The van der Waals surface area contributed by atoms with E-state index in [1.54, 1.807) is 30.3 Å².